The highest BCUT2D eigenvalue weighted by Gasteiger charge is 2.45. The molecule has 2 rings (SSSR count). The zero-order valence-electron chi connectivity index (χ0n) is 12.3. The van der Waals surface area contributed by atoms with E-state index in [1.54, 1.807) is 0 Å². The highest BCUT2D eigenvalue weighted by atomic mass is 16.5. The largest absolute Gasteiger partial charge is 0.466 e. The lowest BCUT2D eigenvalue weighted by molar-refractivity contribution is -0.147. The number of hydrogen-bond donors (Lipinski definition) is 0. The molecule has 1 saturated heterocycles. The average Bonchev–Trinajstić information content (AvgIpc) is 2.84. The van der Waals surface area contributed by atoms with Crippen LogP contribution in [0.2, 0.25) is 0 Å². The molecule has 0 aromatic carbocycles. The molecule has 110 valence electrons. The van der Waals surface area contributed by atoms with Crippen LogP contribution in [0.4, 0.5) is 0 Å². The first kappa shape index (κ1) is 14.8. The van der Waals surface area contributed by atoms with Crippen molar-refractivity contribution in [1.82, 2.24) is 4.90 Å². The highest BCUT2D eigenvalue weighted by Crippen LogP contribution is 2.43. The van der Waals surface area contributed by atoms with Gasteiger partial charge in [-0.3, -0.25) is 9.69 Å². The minimum Gasteiger partial charge on any atom is -0.466 e. The maximum absolute atomic E-state index is 12.0. The van der Waals surface area contributed by atoms with Crippen molar-refractivity contribution < 1.29 is 14.3 Å². The number of esters is 1. The molecular formula is C15H27NO3. The van der Waals surface area contributed by atoms with Crippen molar-refractivity contribution >= 4 is 5.97 Å². The summed E-state index contributed by atoms with van der Waals surface area (Å²) in [6.45, 7) is 8.11. The summed E-state index contributed by atoms with van der Waals surface area (Å²) in [5.74, 6) is 0.725. The number of morpholine rings is 1. The van der Waals surface area contributed by atoms with Crippen molar-refractivity contribution in [3.05, 3.63) is 0 Å². The van der Waals surface area contributed by atoms with Crippen molar-refractivity contribution in [3.8, 4) is 0 Å². The summed E-state index contributed by atoms with van der Waals surface area (Å²) in [6.07, 6.45) is 5.28. The molecule has 4 heteroatoms. The molecule has 2 aliphatic rings. The van der Waals surface area contributed by atoms with E-state index in [2.05, 4.69) is 11.8 Å². The summed E-state index contributed by atoms with van der Waals surface area (Å²) >= 11 is 0. The summed E-state index contributed by atoms with van der Waals surface area (Å²) in [6, 6.07) is 0. The Morgan fingerprint density at radius 2 is 2.11 bits per heavy atom. The Kier molecular flexibility index (Phi) is 5.22. The molecule has 4 nitrogen and oxygen atoms in total. The van der Waals surface area contributed by atoms with Crippen LogP contribution in [0, 0.1) is 5.92 Å². The summed E-state index contributed by atoms with van der Waals surface area (Å²) < 4.78 is 10.6. The maximum Gasteiger partial charge on any atom is 0.307 e. The fourth-order valence-electron chi connectivity index (χ4n) is 3.64. The second-order valence-electron chi connectivity index (χ2n) is 5.82. The maximum atomic E-state index is 12.0. The van der Waals surface area contributed by atoms with Crippen LogP contribution in [0.1, 0.15) is 46.0 Å². The summed E-state index contributed by atoms with van der Waals surface area (Å²) in [7, 11) is 0. The first-order chi connectivity index (χ1) is 9.20. The molecule has 0 aromatic heterocycles. The minimum atomic E-state index is -0.0363. The van der Waals surface area contributed by atoms with Gasteiger partial charge in [0.2, 0.25) is 0 Å². The monoisotopic (exact) mass is 269 g/mol. The van der Waals surface area contributed by atoms with E-state index in [4.69, 9.17) is 9.47 Å². The number of nitrogens with zero attached hydrogens (tertiary/aromatic N) is 1. The number of carbonyl (C=O) groups excluding carboxylic acids is 1. The zero-order valence-corrected chi connectivity index (χ0v) is 12.3. The van der Waals surface area contributed by atoms with Gasteiger partial charge in [0, 0.05) is 18.6 Å². The van der Waals surface area contributed by atoms with Crippen molar-refractivity contribution in [3.63, 3.8) is 0 Å². The fourth-order valence-corrected chi connectivity index (χ4v) is 3.64. The zero-order chi connectivity index (χ0) is 13.7. The Bertz CT molecular complexity index is 302. The third-order valence-corrected chi connectivity index (χ3v) is 4.72. The van der Waals surface area contributed by atoms with Crippen LogP contribution in [-0.4, -0.2) is 49.3 Å². The quantitative estimate of drug-likeness (QED) is 0.717. The summed E-state index contributed by atoms with van der Waals surface area (Å²) in [4.78, 5) is 14.5. The van der Waals surface area contributed by atoms with E-state index in [1.807, 2.05) is 6.92 Å². The summed E-state index contributed by atoms with van der Waals surface area (Å²) in [5.41, 5.74) is 0.0384. The van der Waals surface area contributed by atoms with Gasteiger partial charge in [-0.2, -0.15) is 0 Å². The predicted molar refractivity (Wildman–Crippen MR) is 74.0 cm³/mol. The standard InChI is InChI=1S/C15H27NO3/c1-3-13-5-6-15(11-13,12-14(17)19-4-2)16-7-9-18-10-8-16/h13H,3-12H2,1-2H3. The average molecular weight is 269 g/mol. The normalized spacial score (nSPS) is 32.4. The van der Waals surface area contributed by atoms with Gasteiger partial charge in [-0.15, -0.1) is 0 Å². The molecule has 0 N–H and O–H groups in total. The number of carbonyl (C=O) groups is 1. The molecule has 0 bridgehead atoms. The van der Waals surface area contributed by atoms with Gasteiger partial charge in [0.05, 0.1) is 26.2 Å². The van der Waals surface area contributed by atoms with Crippen LogP contribution in [0.3, 0.4) is 0 Å². The van der Waals surface area contributed by atoms with Crippen molar-refractivity contribution in [2.24, 2.45) is 5.92 Å². The lowest BCUT2D eigenvalue weighted by Crippen LogP contribution is -2.53. The van der Waals surface area contributed by atoms with Crippen molar-refractivity contribution in [2.45, 2.75) is 51.5 Å². The molecule has 0 amide bonds. The molecule has 2 unspecified atom stereocenters. The van der Waals surface area contributed by atoms with Gasteiger partial charge in [-0.1, -0.05) is 13.3 Å². The van der Waals surface area contributed by atoms with Crippen LogP contribution in [0.15, 0.2) is 0 Å². The number of rotatable bonds is 5. The molecule has 0 aromatic rings. The summed E-state index contributed by atoms with van der Waals surface area (Å²) in [5, 5.41) is 0. The van der Waals surface area contributed by atoms with Gasteiger partial charge in [0.25, 0.3) is 0 Å². The SMILES string of the molecule is CCOC(=O)CC1(N2CCOCC2)CCC(CC)C1. The molecular weight excluding hydrogens is 242 g/mol. The lowest BCUT2D eigenvalue weighted by atomic mass is 9.88. The Hall–Kier alpha value is -0.610. The van der Waals surface area contributed by atoms with E-state index in [1.165, 1.54) is 12.8 Å². The molecule has 19 heavy (non-hydrogen) atoms. The van der Waals surface area contributed by atoms with Gasteiger partial charge in [-0.05, 0) is 32.1 Å². The van der Waals surface area contributed by atoms with Crippen molar-refractivity contribution in [2.75, 3.05) is 32.9 Å². The molecule has 2 atom stereocenters. The highest BCUT2D eigenvalue weighted by molar-refractivity contribution is 5.71. The van der Waals surface area contributed by atoms with Gasteiger partial charge in [-0.25, -0.2) is 0 Å². The van der Waals surface area contributed by atoms with Crippen LogP contribution in [0.25, 0.3) is 0 Å². The van der Waals surface area contributed by atoms with Crippen LogP contribution >= 0.6 is 0 Å². The van der Waals surface area contributed by atoms with Gasteiger partial charge in [0.15, 0.2) is 0 Å². The molecule has 2 fully saturated rings. The molecule has 0 radical (unpaired) electrons. The Morgan fingerprint density at radius 3 is 2.68 bits per heavy atom. The predicted octanol–water partition coefficient (Wildman–Crippen LogP) is 2.22. The second-order valence-corrected chi connectivity index (χ2v) is 5.82. The number of hydrogen-bond acceptors (Lipinski definition) is 4. The van der Waals surface area contributed by atoms with Crippen molar-refractivity contribution in [1.29, 1.82) is 0 Å². The lowest BCUT2D eigenvalue weighted by Gasteiger charge is -2.43. The molecule has 1 saturated carbocycles. The van der Waals surface area contributed by atoms with E-state index in [0.29, 0.717) is 13.0 Å². The first-order valence-corrected chi connectivity index (χ1v) is 7.68. The number of ether oxygens (including phenoxy) is 2. The first-order valence-electron chi connectivity index (χ1n) is 7.68. The van der Waals surface area contributed by atoms with Crippen LogP contribution < -0.4 is 0 Å². The van der Waals surface area contributed by atoms with Gasteiger partial charge >= 0.3 is 5.97 Å². The van der Waals surface area contributed by atoms with Crippen LogP contribution in [0.5, 0.6) is 0 Å². The fraction of sp³-hybridized carbons (Fsp3) is 0.933. The molecule has 1 aliphatic carbocycles. The second kappa shape index (κ2) is 6.71. The van der Waals surface area contributed by atoms with E-state index >= 15 is 0 Å². The minimum absolute atomic E-state index is 0.0363. The van der Waals surface area contributed by atoms with E-state index in [0.717, 1.165) is 45.1 Å². The van der Waals surface area contributed by atoms with E-state index in [9.17, 15) is 4.79 Å². The molecule has 0 spiro atoms. The topological polar surface area (TPSA) is 38.8 Å². The Balaban J connectivity index is 2.06. The smallest absolute Gasteiger partial charge is 0.307 e. The third-order valence-electron chi connectivity index (χ3n) is 4.72. The van der Waals surface area contributed by atoms with E-state index < -0.39 is 0 Å². The third kappa shape index (κ3) is 3.48. The Morgan fingerprint density at radius 1 is 1.37 bits per heavy atom. The molecule has 1 heterocycles. The van der Waals surface area contributed by atoms with Gasteiger partial charge < -0.3 is 9.47 Å². The van der Waals surface area contributed by atoms with Gasteiger partial charge in [0.1, 0.15) is 0 Å². The van der Waals surface area contributed by atoms with Crippen LogP contribution in [-0.2, 0) is 14.3 Å². The Labute approximate surface area is 116 Å². The van der Waals surface area contributed by atoms with E-state index in [-0.39, 0.29) is 11.5 Å². The molecule has 1 aliphatic heterocycles.